The van der Waals surface area contributed by atoms with Gasteiger partial charge in [-0.05, 0) is 35.2 Å². The molecular weight excluding hydrogens is 390 g/mol. The van der Waals surface area contributed by atoms with E-state index in [1.54, 1.807) is 23.3 Å². The third kappa shape index (κ3) is 7.65. The van der Waals surface area contributed by atoms with Crippen LogP contribution < -0.4 is 4.74 Å². The van der Waals surface area contributed by atoms with Crippen molar-refractivity contribution in [2.45, 2.75) is 44.8 Å². The predicted molar refractivity (Wildman–Crippen MR) is 117 cm³/mol. The molecule has 0 aliphatic rings. The Balaban J connectivity index is 1.90. The molecule has 0 aliphatic heterocycles. The Morgan fingerprint density at radius 2 is 1.93 bits per heavy atom. The highest BCUT2D eigenvalue weighted by atomic mass is 32.1. The van der Waals surface area contributed by atoms with E-state index in [0.717, 1.165) is 22.2 Å². The summed E-state index contributed by atoms with van der Waals surface area (Å²) in [7, 11) is 0.550. The first-order valence-electron chi connectivity index (χ1n) is 9.56. The molecule has 5 nitrogen and oxygen atoms in total. The fourth-order valence-corrected chi connectivity index (χ4v) is 4.03. The Bertz CT molecular complexity index is 713. The molecule has 0 fully saturated rings. The molecular formula is C21H31NO4SSi. The lowest BCUT2D eigenvalue weighted by molar-refractivity contribution is 0.108. The van der Waals surface area contributed by atoms with Gasteiger partial charge in [-0.15, -0.1) is 11.3 Å². The molecule has 1 aromatic heterocycles. The number of amides is 1. The molecule has 154 valence electrons. The van der Waals surface area contributed by atoms with E-state index in [9.17, 15) is 9.90 Å². The Labute approximate surface area is 172 Å². The minimum Gasteiger partial charge on any atom is -0.485 e. The summed E-state index contributed by atoms with van der Waals surface area (Å²) in [6, 6.07) is 12.4. The summed E-state index contributed by atoms with van der Waals surface area (Å²) in [5.41, 5.74) is 0.848. The minimum absolute atomic E-state index is 0.0131. The van der Waals surface area contributed by atoms with Gasteiger partial charge in [0.1, 0.15) is 11.9 Å². The molecule has 0 saturated carbocycles. The van der Waals surface area contributed by atoms with Crippen LogP contribution in [0.15, 0.2) is 41.8 Å². The van der Waals surface area contributed by atoms with Gasteiger partial charge < -0.3 is 19.5 Å². The Morgan fingerprint density at radius 1 is 1.21 bits per heavy atom. The van der Waals surface area contributed by atoms with Crippen molar-refractivity contribution in [1.82, 2.24) is 4.90 Å². The fraction of sp³-hybridized carbons (Fsp3) is 0.476. The average Bonchev–Trinajstić information content (AvgIpc) is 3.18. The van der Waals surface area contributed by atoms with Crippen molar-refractivity contribution in [2.24, 2.45) is 0 Å². The monoisotopic (exact) mass is 421 g/mol. The molecule has 0 radical (unpaired) electrons. The normalized spacial score (nSPS) is 12.5. The zero-order chi connectivity index (χ0) is 20.6. The lowest BCUT2D eigenvalue weighted by atomic mass is 10.2. The van der Waals surface area contributed by atoms with Gasteiger partial charge in [0.05, 0.1) is 13.2 Å². The van der Waals surface area contributed by atoms with Crippen molar-refractivity contribution in [3.63, 3.8) is 0 Å². The number of hydrogen-bond donors (Lipinski definition) is 1. The SMILES string of the molecule is CN(CC[C@H](Oc1ccc(CO)cc1)c1cccs1)C(=O)OCC[Si](C)(C)C. The molecule has 0 spiro atoms. The Hall–Kier alpha value is -1.83. The van der Waals surface area contributed by atoms with Crippen LogP contribution >= 0.6 is 11.3 Å². The second-order valence-corrected chi connectivity index (χ2v) is 14.7. The van der Waals surface area contributed by atoms with Crippen LogP contribution in [-0.4, -0.2) is 44.4 Å². The third-order valence-electron chi connectivity index (χ3n) is 4.36. The second kappa shape index (κ2) is 10.6. The van der Waals surface area contributed by atoms with Crippen LogP contribution in [0.25, 0.3) is 0 Å². The number of aliphatic hydroxyl groups is 1. The number of aliphatic hydroxyl groups excluding tert-OH is 1. The van der Waals surface area contributed by atoms with Gasteiger partial charge in [-0.25, -0.2) is 4.79 Å². The first-order chi connectivity index (χ1) is 13.3. The number of hydrogen-bond acceptors (Lipinski definition) is 5. The molecule has 1 heterocycles. The van der Waals surface area contributed by atoms with Gasteiger partial charge in [0, 0.05) is 33.0 Å². The summed E-state index contributed by atoms with van der Waals surface area (Å²) in [4.78, 5) is 14.9. The van der Waals surface area contributed by atoms with E-state index >= 15 is 0 Å². The molecule has 1 atom stereocenters. The van der Waals surface area contributed by atoms with Gasteiger partial charge in [-0.1, -0.05) is 37.8 Å². The topological polar surface area (TPSA) is 59.0 Å². The average molecular weight is 422 g/mol. The highest BCUT2D eigenvalue weighted by molar-refractivity contribution is 7.10. The van der Waals surface area contributed by atoms with E-state index in [2.05, 4.69) is 19.6 Å². The smallest absolute Gasteiger partial charge is 0.409 e. The van der Waals surface area contributed by atoms with Gasteiger partial charge >= 0.3 is 6.09 Å². The fourth-order valence-electron chi connectivity index (χ4n) is 2.53. The van der Waals surface area contributed by atoms with E-state index in [-0.39, 0.29) is 18.8 Å². The van der Waals surface area contributed by atoms with Gasteiger partial charge in [0.2, 0.25) is 0 Å². The lowest BCUT2D eigenvalue weighted by Crippen LogP contribution is -2.31. The Kier molecular flexibility index (Phi) is 8.53. The van der Waals surface area contributed by atoms with E-state index in [4.69, 9.17) is 9.47 Å². The standard InChI is InChI=1S/C21H31NO4SSi/c1-22(21(24)25-13-15-28(2,3)4)12-11-19(20-6-5-14-27-20)26-18-9-7-17(16-23)8-10-18/h5-10,14,19,23H,11-13,15-16H2,1-4H3/t19-/m0/s1. The Morgan fingerprint density at radius 3 is 2.50 bits per heavy atom. The number of rotatable bonds is 10. The van der Waals surface area contributed by atoms with E-state index in [0.29, 0.717) is 19.6 Å². The van der Waals surface area contributed by atoms with Crippen LogP contribution in [0.5, 0.6) is 5.75 Å². The van der Waals surface area contributed by atoms with Crippen molar-refractivity contribution in [3.05, 3.63) is 52.2 Å². The molecule has 0 bridgehead atoms. The number of ether oxygens (including phenoxy) is 2. The van der Waals surface area contributed by atoms with Gasteiger partial charge in [0.25, 0.3) is 0 Å². The summed E-state index contributed by atoms with van der Waals surface area (Å²) < 4.78 is 11.6. The van der Waals surface area contributed by atoms with Gasteiger partial charge in [-0.3, -0.25) is 0 Å². The summed E-state index contributed by atoms with van der Waals surface area (Å²) in [5.74, 6) is 0.746. The van der Waals surface area contributed by atoms with Crippen LogP contribution in [0.1, 0.15) is 23.0 Å². The maximum atomic E-state index is 12.2. The van der Waals surface area contributed by atoms with Crippen LogP contribution in [0, 0.1) is 0 Å². The molecule has 7 heteroatoms. The zero-order valence-corrected chi connectivity index (χ0v) is 19.0. The number of carbonyl (C=O) groups is 1. The molecule has 28 heavy (non-hydrogen) atoms. The summed E-state index contributed by atoms with van der Waals surface area (Å²) in [5, 5.41) is 11.2. The van der Waals surface area contributed by atoms with Crippen LogP contribution in [0.4, 0.5) is 4.79 Å². The van der Waals surface area contributed by atoms with E-state index in [1.807, 2.05) is 41.8 Å². The second-order valence-electron chi connectivity index (χ2n) is 8.06. The predicted octanol–water partition coefficient (Wildman–Crippen LogP) is 5.16. The van der Waals surface area contributed by atoms with E-state index < -0.39 is 8.07 Å². The third-order valence-corrected chi connectivity index (χ3v) is 7.03. The van der Waals surface area contributed by atoms with Crippen LogP contribution in [0.3, 0.4) is 0 Å². The maximum Gasteiger partial charge on any atom is 0.409 e. The number of benzene rings is 1. The quantitative estimate of drug-likeness (QED) is 0.539. The number of nitrogens with zero attached hydrogens (tertiary/aromatic N) is 1. The first-order valence-corrected chi connectivity index (χ1v) is 14.1. The van der Waals surface area contributed by atoms with Crippen molar-refractivity contribution in [3.8, 4) is 5.75 Å². The summed E-state index contributed by atoms with van der Waals surface area (Å²) in [6.45, 7) is 7.84. The zero-order valence-electron chi connectivity index (χ0n) is 17.2. The van der Waals surface area contributed by atoms with Crippen molar-refractivity contribution in [2.75, 3.05) is 20.2 Å². The number of thiophene rings is 1. The summed E-state index contributed by atoms with van der Waals surface area (Å²) >= 11 is 1.64. The molecule has 1 amide bonds. The molecule has 2 aromatic rings. The van der Waals surface area contributed by atoms with Crippen molar-refractivity contribution >= 4 is 25.5 Å². The largest absolute Gasteiger partial charge is 0.485 e. The van der Waals surface area contributed by atoms with Gasteiger partial charge in [0.15, 0.2) is 0 Å². The highest BCUT2D eigenvalue weighted by Crippen LogP contribution is 2.28. The molecule has 1 aromatic carbocycles. The number of carbonyl (C=O) groups excluding carboxylic acids is 1. The molecule has 2 rings (SSSR count). The molecule has 0 unspecified atom stereocenters. The molecule has 0 aliphatic carbocycles. The van der Waals surface area contributed by atoms with Crippen molar-refractivity contribution in [1.29, 1.82) is 0 Å². The molecule has 1 N–H and O–H groups in total. The van der Waals surface area contributed by atoms with Crippen LogP contribution in [-0.2, 0) is 11.3 Å². The van der Waals surface area contributed by atoms with Crippen LogP contribution in [0.2, 0.25) is 25.7 Å². The van der Waals surface area contributed by atoms with E-state index in [1.165, 1.54) is 0 Å². The lowest BCUT2D eigenvalue weighted by Gasteiger charge is -2.23. The summed E-state index contributed by atoms with van der Waals surface area (Å²) in [6.07, 6.45) is 0.245. The first kappa shape index (κ1) is 22.5. The highest BCUT2D eigenvalue weighted by Gasteiger charge is 2.19. The minimum atomic E-state index is -1.21. The van der Waals surface area contributed by atoms with Gasteiger partial charge in [-0.2, -0.15) is 0 Å². The van der Waals surface area contributed by atoms with Crippen molar-refractivity contribution < 1.29 is 19.4 Å². The molecule has 0 saturated heterocycles. The maximum absolute atomic E-state index is 12.2.